The van der Waals surface area contributed by atoms with E-state index in [2.05, 4.69) is 31.7 Å². The number of hydroxylamine groups is 3. The summed E-state index contributed by atoms with van der Waals surface area (Å²) in [6.45, 7) is 6.43. The maximum absolute atomic E-state index is 11.8. The average Bonchev–Trinajstić information content (AvgIpc) is 3.47. The predicted molar refractivity (Wildman–Crippen MR) is 154 cm³/mol. The summed E-state index contributed by atoms with van der Waals surface area (Å²) in [6.07, 6.45) is 0. The molecule has 2 aliphatic rings. The van der Waals surface area contributed by atoms with Gasteiger partial charge in [-0.2, -0.15) is 0 Å². The SMILES string of the molecule is C.C.CN1CCN(c2cccc3[nH]c(=O)oc23)CC1.C[N+]1([O-])CCN(c2cccc3[nH]c(=O)oc23)CC1.OO. The summed E-state index contributed by atoms with van der Waals surface area (Å²) in [5.74, 6) is -0.833. The van der Waals surface area contributed by atoms with E-state index >= 15 is 0 Å². The third-order valence-electron chi connectivity index (χ3n) is 6.72. The summed E-state index contributed by atoms with van der Waals surface area (Å²) in [5.41, 5.74) is 4.60. The molecule has 0 spiro atoms. The number of nitrogens with one attached hydrogen (secondary N) is 2. The summed E-state index contributed by atoms with van der Waals surface area (Å²) in [6, 6.07) is 11.4. The van der Waals surface area contributed by atoms with E-state index in [1.165, 1.54) is 0 Å². The first-order valence-electron chi connectivity index (χ1n) is 12.0. The molecule has 0 bridgehead atoms. The van der Waals surface area contributed by atoms with Crippen LogP contribution in [0.5, 0.6) is 0 Å². The highest BCUT2D eigenvalue weighted by atomic mass is 17.0. The smallest absolute Gasteiger partial charge is 0.417 e. The first-order valence-corrected chi connectivity index (χ1v) is 12.0. The normalized spacial score (nSPS) is 16.8. The van der Waals surface area contributed by atoms with Crippen LogP contribution in [0.1, 0.15) is 14.9 Å². The second-order valence-corrected chi connectivity index (χ2v) is 9.36. The molecule has 4 N–H and O–H groups in total. The van der Waals surface area contributed by atoms with E-state index in [0.717, 1.165) is 43.1 Å². The topological polar surface area (TPSA) is 165 Å². The number of hydrogen-bond acceptors (Lipinski definition) is 10. The first-order chi connectivity index (χ1) is 17.8. The number of quaternary nitrogens is 1. The number of nitrogens with zero attached hydrogens (tertiary/aromatic N) is 4. The van der Waals surface area contributed by atoms with E-state index in [0.29, 0.717) is 42.9 Å². The highest BCUT2D eigenvalue weighted by Gasteiger charge is 2.24. The van der Waals surface area contributed by atoms with Crippen molar-refractivity contribution >= 4 is 33.6 Å². The molecule has 6 rings (SSSR count). The monoisotopic (exact) mass is 548 g/mol. The molecule has 0 amide bonds. The number of aromatic nitrogens is 2. The van der Waals surface area contributed by atoms with E-state index in [9.17, 15) is 14.8 Å². The van der Waals surface area contributed by atoms with Crippen LogP contribution < -0.4 is 21.3 Å². The van der Waals surface area contributed by atoms with Gasteiger partial charge in [0, 0.05) is 26.2 Å². The van der Waals surface area contributed by atoms with E-state index in [1.54, 1.807) is 7.05 Å². The molecule has 2 saturated heterocycles. The highest BCUT2D eigenvalue weighted by Crippen LogP contribution is 2.27. The molecule has 13 heteroatoms. The predicted octanol–water partition coefficient (Wildman–Crippen LogP) is 3.05. The molecule has 2 aliphatic heterocycles. The van der Waals surface area contributed by atoms with Gasteiger partial charge in [0.05, 0.1) is 55.6 Å². The Balaban J connectivity index is 0.000000246. The number of anilines is 2. The third-order valence-corrected chi connectivity index (χ3v) is 6.72. The second-order valence-electron chi connectivity index (χ2n) is 9.36. The Morgan fingerprint density at radius 1 is 0.769 bits per heavy atom. The van der Waals surface area contributed by atoms with Crippen LogP contribution in [0.4, 0.5) is 11.4 Å². The molecule has 2 aromatic heterocycles. The van der Waals surface area contributed by atoms with E-state index < -0.39 is 5.76 Å². The number of likely N-dealkylation sites (N-methyl/N-ethyl adjacent to an activating group) is 2. The molecule has 13 nitrogen and oxygen atoms in total. The Hall–Kier alpha value is -3.62. The van der Waals surface area contributed by atoms with E-state index in [4.69, 9.17) is 19.3 Å². The molecule has 0 saturated carbocycles. The second kappa shape index (κ2) is 13.4. The van der Waals surface area contributed by atoms with Crippen molar-refractivity contribution in [2.45, 2.75) is 14.9 Å². The number of para-hydroxylation sites is 2. The lowest BCUT2D eigenvalue weighted by Crippen LogP contribution is -2.53. The number of hydrogen-bond donors (Lipinski definition) is 4. The molecule has 0 radical (unpaired) electrons. The Kier molecular flexibility index (Phi) is 10.9. The fourth-order valence-electron chi connectivity index (χ4n) is 4.59. The molecule has 0 aliphatic carbocycles. The van der Waals surface area contributed by atoms with Gasteiger partial charge in [-0.15, -0.1) is 0 Å². The lowest BCUT2D eigenvalue weighted by atomic mass is 10.2. The minimum atomic E-state index is -0.445. The minimum Gasteiger partial charge on any atom is -0.633 e. The molecule has 0 unspecified atom stereocenters. The zero-order valence-corrected chi connectivity index (χ0v) is 20.8. The Morgan fingerprint density at radius 3 is 1.62 bits per heavy atom. The van der Waals surface area contributed by atoms with Crippen molar-refractivity contribution < 1.29 is 24.0 Å². The van der Waals surface area contributed by atoms with Crippen LogP contribution in [0.15, 0.2) is 54.8 Å². The van der Waals surface area contributed by atoms with Crippen molar-refractivity contribution in [3.63, 3.8) is 0 Å². The summed E-state index contributed by atoms with van der Waals surface area (Å²) in [4.78, 5) is 34.4. The number of aromatic amines is 2. The van der Waals surface area contributed by atoms with Gasteiger partial charge in [0.2, 0.25) is 0 Å². The number of H-pyrrole nitrogens is 2. The Labute approximate surface area is 226 Å². The van der Waals surface area contributed by atoms with Gasteiger partial charge in [-0.25, -0.2) is 9.59 Å². The fourth-order valence-corrected chi connectivity index (χ4v) is 4.59. The molecule has 0 atom stereocenters. The van der Waals surface area contributed by atoms with Crippen LogP contribution in [-0.2, 0) is 0 Å². The fraction of sp³-hybridized carbons (Fsp3) is 0.462. The van der Waals surface area contributed by atoms with Crippen LogP contribution in [-0.4, -0.2) is 96.5 Å². The average molecular weight is 549 g/mol. The van der Waals surface area contributed by atoms with Crippen LogP contribution in [0.25, 0.3) is 22.2 Å². The number of piperazine rings is 2. The highest BCUT2D eigenvalue weighted by molar-refractivity contribution is 5.87. The van der Waals surface area contributed by atoms with Gasteiger partial charge in [-0.1, -0.05) is 27.0 Å². The molecule has 4 heterocycles. The Bertz CT molecular complexity index is 1420. The van der Waals surface area contributed by atoms with E-state index in [-0.39, 0.29) is 25.3 Å². The molecule has 216 valence electrons. The van der Waals surface area contributed by atoms with Gasteiger partial charge in [0.25, 0.3) is 0 Å². The van der Waals surface area contributed by atoms with Crippen molar-refractivity contribution in [1.29, 1.82) is 0 Å². The standard InChI is InChI=1S/C12H15N3O3.C12H15N3O2.2CH4.H2O2/c1-15(17)7-5-14(6-8-15)10-4-2-3-9-11(10)18-12(16)13-9;1-14-5-7-15(8-6-14)10-4-2-3-9-11(10)17-12(16)13-9;;;1-2/h2-4H,5-8H2,1H3,(H,13,16);2-4H,5-8H2,1H3,(H,13,16);2*1H4;1-2H. The van der Waals surface area contributed by atoms with Crippen molar-refractivity contribution in [2.24, 2.45) is 0 Å². The molecule has 2 fully saturated rings. The number of benzene rings is 2. The largest absolute Gasteiger partial charge is 0.633 e. The lowest BCUT2D eigenvalue weighted by Gasteiger charge is -2.45. The van der Waals surface area contributed by atoms with Crippen molar-refractivity contribution in [3.05, 3.63) is 62.7 Å². The summed E-state index contributed by atoms with van der Waals surface area (Å²) in [7, 11) is 3.81. The van der Waals surface area contributed by atoms with Gasteiger partial charge in [-0.05, 0) is 31.3 Å². The quantitative estimate of drug-likeness (QED) is 0.127. The Morgan fingerprint density at radius 2 is 1.18 bits per heavy atom. The molecule has 4 aromatic rings. The van der Waals surface area contributed by atoms with Gasteiger partial charge in [-0.3, -0.25) is 20.5 Å². The summed E-state index contributed by atoms with van der Waals surface area (Å²) >= 11 is 0. The number of oxazole rings is 2. The number of fused-ring (bicyclic) bond motifs is 2. The summed E-state index contributed by atoms with van der Waals surface area (Å²) in [5, 5.41) is 23.8. The molecular weight excluding hydrogens is 508 g/mol. The zero-order valence-electron chi connectivity index (χ0n) is 20.8. The van der Waals surface area contributed by atoms with Gasteiger partial charge in [0.15, 0.2) is 11.2 Å². The molecular formula is C26H40N6O7. The van der Waals surface area contributed by atoms with Crippen LogP contribution >= 0.6 is 0 Å². The van der Waals surface area contributed by atoms with Crippen molar-refractivity contribution in [2.75, 3.05) is 76.3 Å². The van der Waals surface area contributed by atoms with Crippen LogP contribution in [0.2, 0.25) is 0 Å². The van der Waals surface area contributed by atoms with Gasteiger partial charge in [0.1, 0.15) is 0 Å². The van der Waals surface area contributed by atoms with Gasteiger partial charge >= 0.3 is 11.5 Å². The molecule has 39 heavy (non-hydrogen) atoms. The molecule has 2 aromatic carbocycles. The maximum atomic E-state index is 11.8. The van der Waals surface area contributed by atoms with Crippen LogP contribution in [0.3, 0.4) is 0 Å². The lowest BCUT2D eigenvalue weighted by molar-refractivity contribution is -0.861. The van der Waals surface area contributed by atoms with Crippen molar-refractivity contribution in [1.82, 2.24) is 14.9 Å². The third kappa shape index (κ3) is 7.28. The minimum absolute atomic E-state index is 0. The van der Waals surface area contributed by atoms with Crippen LogP contribution in [0, 0.1) is 5.21 Å². The first kappa shape index (κ1) is 31.6. The zero-order chi connectivity index (χ0) is 26.6. The van der Waals surface area contributed by atoms with Crippen molar-refractivity contribution in [3.8, 4) is 0 Å². The van der Waals surface area contributed by atoms with E-state index in [1.807, 2.05) is 36.4 Å². The van der Waals surface area contributed by atoms with Gasteiger partial charge < -0.3 is 33.4 Å². The maximum Gasteiger partial charge on any atom is 0.417 e. The summed E-state index contributed by atoms with van der Waals surface area (Å²) < 4.78 is 10.2. The number of rotatable bonds is 2.